The first kappa shape index (κ1) is 8.17. The summed E-state index contributed by atoms with van der Waals surface area (Å²) in [5.74, 6) is 0. The van der Waals surface area contributed by atoms with Gasteiger partial charge in [0.25, 0.3) is 0 Å². The largest absolute Gasteiger partial charge is 1.00 e. The maximum atomic E-state index is 3.36. The molecule has 0 saturated heterocycles. The molecule has 0 saturated carbocycles. The molecule has 0 aromatic heterocycles. The zero-order valence-electron chi connectivity index (χ0n) is 4.15. The minimum Gasteiger partial charge on any atom is -0.310 e. The fourth-order valence-electron chi connectivity index (χ4n) is 0.311. The Kier molecular flexibility index (Phi) is 4.77. The molecule has 0 atom stereocenters. The van der Waals surface area contributed by atoms with E-state index in [1.807, 2.05) is 0 Å². The van der Waals surface area contributed by atoms with Gasteiger partial charge in [0, 0.05) is 0 Å². The van der Waals surface area contributed by atoms with Gasteiger partial charge in [-0.2, -0.15) is 4.16 Å². The summed E-state index contributed by atoms with van der Waals surface area (Å²) < 4.78 is 1.32. The third kappa shape index (κ3) is 2.87. The molecule has 0 aliphatic carbocycles. The molecule has 3 heteroatoms. The first-order valence-corrected chi connectivity index (χ1v) is 3.40. The van der Waals surface area contributed by atoms with Crippen molar-refractivity contribution in [1.29, 1.82) is 0 Å². The molecule has 0 nitrogen and oxygen atoms in total. The molecule has 0 bridgehead atoms. The van der Waals surface area contributed by atoms with Crippen molar-refractivity contribution in [3.63, 3.8) is 0 Å². The first-order valence-electron chi connectivity index (χ1n) is 1.72. The van der Waals surface area contributed by atoms with Gasteiger partial charge in [0.15, 0.2) is 0 Å². The summed E-state index contributed by atoms with van der Waals surface area (Å²) in [4.78, 5) is 0. The van der Waals surface area contributed by atoms with Crippen LogP contribution < -0.4 is 18.9 Å². The summed E-state index contributed by atoms with van der Waals surface area (Å²) in [5.41, 5.74) is 0. The van der Waals surface area contributed by atoms with Crippen LogP contribution in [-0.2, 0) is 0 Å². The zero-order valence-corrected chi connectivity index (χ0v) is 6.55. The van der Waals surface area contributed by atoms with Gasteiger partial charge in [0.1, 0.15) is 0 Å². The molecule has 34 valence electrons. The minimum absolute atomic E-state index is 0. The van der Waals surface area contributed by atoms with Crippen LogP contribution in [0.3, 0.4) is 0 Å². The van der Waals surface area contributed by atoms with Crippen LogP contribution >= 0.6 is 27.7 Å². The van der Waals surface area contributed by atoms with Gasteiger partial charge in [-0.05, 0) is 0 Å². The number of allylic oxidation sites excluding steroid dienone is 1. The Bertz CT molecular complexity index is 66.1. The predicted octanol–water partition coefficient (Wildman–Crippen LogP) is -0.475. The van der Waals surface area contributed by atoms with Crippen LogP contribution in [0.25, 0.3) is 0 Å². The Hall–Kier alpha value is 1.17. The fourth-order valence-corrected chi connectivity index (χ4v) is 1.35. The number of thioether (sulfide) groups is 1. The van der Waals surface area contributed by atoms with Crippen molar-refractivity contribution in [2.24, 2.45) is 0 Å². The number of halogens is 1. The van der Waals surface area contributed by atoms with Crippen molar-refractivity contribution in [3.8, 4) is 0 Å². The van der Waals surface area contributed by atoms with E-state index in [9.17, 15) is 0 Å². The molecule has 1 heterocycles. The maximum Gasteiger partial charge on any atom is 1.00 e. The van der Waals surface area contributed by atoms with E-state index in [0.717, 1.165) is 6.42 Å². The Morgan fingerprint density at radius 2 is 2.43 bits per heavy atom. The predicted molar refractivity (Wildman–Crippen MR) is 33.5 cm³/mol. The third-order valence-corrected chi connectivity index (χ3v) is 2.21. The molecular formula is C4H4BrLiS. The van der Waals surface area contributed by atoms with E-state index in [4.69, 9.17) is 0 Å². The molecule has 0 spiro atoms. The van der Waals surface area contributed by atoms with Crippen molar-refractivity contribution >= 4 is 27.7 Å². The Labute approximate surface area is 68.4 Å². The van der Waals surface area contributed by atoms with E-state index < -0.39 is 0 Å². The van der Waals surface area contributed by atoms with Gasteiger partial charge in [-0.25, -0.2) is 0 Å². The Balaban J connectivity index is 0.000000360. The molecule has 1 aliphatic heterocycles. The van der Waals surface area contributed by atoms with Crippen molar-refractivity contribution in [2.45, 2.75) is 6.42 Å². The van der Waals surface area contributed by atoms with Gasteiger partial charge in [0.2, 0.25) is 0 Å². The fraction of sp³-hybridized carbons (Fsp3) is 0.250. The van der Waals surface area contributed by atoms with Gasteiger partial charge < -0.3 is 27.7 Å². The molecule has 0 N–H and O–H groups in total. The van der Waals surface area contributed by atoms with Gasteiger partial charge >= 0.3 is 18.9 Å². The van der Waals surface area contributed by atoms with Crippen molar-refractivity contribution in [1.82, 2.24) is 0 Å². The van der Waals surface area contributed by atoms with Crippen molar-refractivity contribution < 1.29 is 18.9 Å². The second-order valence-electron chi connectivity index (χ2n) is 1.05. The molecule has 0 aromatic rings. The molecule has 1 rings (SSSR count). The monoisotopic (exact) mass is 170 g/mol. The summed E-state index contributed by atoms with van der Waals surface area (Å²) in [6.45, 7) is 0. The maximum absolute atomic E-state index is 3.36. The SMILES string of the molecule is Br[C-]1CC=CS1.[Li+]. The van der Waals surface area contributed by atoms with Crippen LogP contribution in [-0.4, -0.2) is 0 Å². The Morgan fingerprint density at radius 3 is 2.57 bits per heavy atom. The second kappa shape index (κ2) is 4.09. The summed E-state index contributed by atoms with van der Waals surface area (Å²) in [7, 11) is 0. The molecular weight excluding hydrogens is 167 g/mol. The number of hydrogen-bond donors (Lipinski definition) is 0. The molecule has 1 aliphatic rings. The van der Waals surface area contributed by atoms with Crippen molar-refractivity contribution in [3.05, 3.63) is 15.6 Å². The molecule has 0 unspecified atom stereocenters. The van der Waals surface area contributed by atoms with Crippen LogP contribution in [0.1, 0.15) is 6.42 Å². The van der Waals surface area contributed by atoms with Crippen LogP contribution in [0.5, 0.6) is 0 Å². The number of rotatable bonds is 0. The van der Waals surface area contributed by atoms with E-state index in [2.05, 4.69) is 27.4 Å². The smallest absolute Gasteiger partial charge is 0.310 e. The number of hydrogen-bond acceptors (Lipinski definition) is 1. The van der Waals surface area contributed by atoms with E-state index in [1.165, 1.54) is 4.16 Å². The van der Waals surface area contributed by atoms with Gasteiger partial charge in [0.05, 0.1) is 0 Å². The van der Waals surface area contributed by atoms with Crippen LogP contribution in [0.15, 0.2) is 11.5 Å². The van der Waals surface area contributed by atoms with Gasteiger partial charge in [-0.3, -0.25) is 0 Å². The van der Waals surface area contributed by atoms with Crippen LogP contribution in [0.2, 0.25) is 0 Å². The summed E-state index contributed by atoms with van der Waals surface area (Å²) in [6.07, 6.45) is 3.24. The Morgan fingerprint density at radius 1 is 1.71 bits per heavy atom. The average Bonchev–Trinajstić information content (AvgIpc) is 1.86. The van der Waals surface area contributed by atoms with E-state index >= 15 is 0 Å². The molecule has 0 amide bonds. The molecule has 0 aromatic carbocycles. The quantitative estimate of drug-likeness (QED) is 0.350. The second-order valence-corrected chi connectivity index (χ2v) is 3.53. The average molecular weight is 171 g/mol. The van der Waals surface area contributed by atoms with E-state index in [-0.39, 0.29) is 18.9 Å². The standard InChI is InChI=1S/C4H4BrS.Li/c5-4-2-1-3-6-4;/h1,3H,2H2;/q-1;+1. The minimum atomic E-state index is 0. The van der Waals surface area contributed by atoms with Crippen LogP contribution in [0, 0.1) is 4.16 Å². The summed E-state index contributed by atoms with van der Waals surface area (Å²) in [6, 6.07) is 0. The van der Waals surface area contributed by atoms with Gasteiger partial charge in [-0.1, -0.05) is 5.41 Å². The zero-order chi connectivity index (χ0) is 4.41. The van der Waals surface area contributed by atoms with E-state index in [1.54, 1.807) is 11.8 Å². The summed E-state index contributed by atoms with van der Waals surface area (Å²) >= 11 is 5.11. The van der Waals surface area contributed by atoms with E-state index in [0.29, 0.717) is 0 Å². The van der Waals surface area contributed by atoms with Crippen molar-refractivity contribution in [2.75, 3.05) is 0 Å². The molecule has 7 heavy (non-hydrogen) atoms. The summed E-state index contributed by atoms with van der Waals surface area (Å²) in [5, 5.41) is 2.09. The molecule has 0 radical (unpaired) electrons. The first-order chi connectivity index (χ1) is 2.89. The normalized spacial score (nSPS) is 19.6. The third-order valence-electron chi connectivity index (χ3n) is 0.570. The van der Waals surface area contributed by atoms with Crippen LogP contribution in [0.4, 0.5) is 0 Å². The van der Waals surface area contributed by atoms with Gasteiger partial charge in [-0.15, -0.1) is 12.5 Å². The molecule has 0 fully saturated rings. The topological polar surface area (TPSA) is 0 Å².